The van der Waals surface area contributed by atoms with E-state index >= 15 is 0 Å². The molecular weight excluding hydrogens is 306 g/mol. The highest BCUT2D eigenvalue weighted by molar-refractivity contribution is 7.19. The number of rotatable bonds is 4. The summed E-state index contributed by atoms with van der Waals surface area (Å²) in [7, 11) is 0. The third-order valence-electron chi connectivity index (χ3n) is 4.16. The van der Waals surface area contributed by atoms with E-state index in [0.717, 1.165) is 40.8 Å². The molecule has 2 aromatic heterocycles. The van der Waals surface area contributed by atoms with E-state index in [9.17, 15) is 0 Å². The Balaban J connectivity index is 1.53. The molecule has 1 N–H and O–H groups in total. The number of aromatic amines is 1. The van der Waals surface area contributed by atoms with Crippen molar-refractivity contribution < 1.29 is 0 Å². The number of benzene rings is 1. The second-order valence-corrected chi connectivity index (χ2v) is 6.78. The first-order chi connectivity index (χ1) is 11.3. The Kier molecular flexibility index (Phi) is 3.83. The fraction of sp³-hybridized carbons (Fsp3) is 0.353. The van der Waals surface area contributed by atoms with E-state index in [1.165, 1.54) is 23.9 Å². The molecule has 0 amide bonds. The maximum atomic E-state index is 4.46. The number of hydrogen-bond acceptors (Lipinski definition) is 5. The van der Waals surface area contributed by atoms with Crippen molar-refractivity contribution >= 4 is 38.1 Å². The van der Waals surface area contributed by atoms with Crippen LogP contribution in [-0.2, 0) is 6.42 Å². The van der Waals surface area contributed by atoms with Gasteiger partial charge in [0.2, 0.25) is 0 Å². The van der Waals surface area contributed by atoms with E-state index in [-0.39, 0.29) is 0 Å². The second kappa shape index (κ2) is 6.12. The molecule has 0 unspecified atom stereocenters. The molecular formula is C17H19N5S. The van der Waals surface area contributed by atoms with Crippen LogP contribution in [0.1, 0.15) is 25.5 Å². The zero-order valence-corrected chi connectivity index (χ0v) is 13.9. The van der Waals surface area contributed by atoms with Gasteiger partial charge in [0, 0.05) is 29.7 Å². The zero-order valence-electron chi connectivity index (χ0n) is 13.1. The van der Waals surface area contributed by atoms with Crippen LogP contribution in [0.3, 0.4) is 0 Å². The largest absolute Gasteiger partial charge is 0.358 e. The Morgan fingerprint density at radius 3 is 2.91 bits per heavy atom. The average molecular weight is 325 g/mol. The molecule has 0 aliphatic carbocycles. The Bertz CT molecular complexity index is 842. The fourth-order valence-corrected chi connectivity index (χ4v) is 3.69. The summed E-state index contributed by atoms with van der Waals surface area (Å²) in [5.74, 6) is 0. The summed E-state index contributed by atoms with van der Waals surface area (Å²) in [4.78, 5) is 10.2. The summed E-state index contributed by atoms with van der Waals surface area (Å²) in [6.07, 6.45) is 5.33. The van der Waals surface area contributed by atoms with Gasteiger partial charge in [-0.25, -0.2) is 4.98 Å². The lowest BCUT2D eigenvalue weighted by atomic mass is 10.2. The first kappa shape index (κ1) is 14.4. The normalized spacial score (nSPS) is 15.3. The molecule has 1 fully saturated rings. The Morgan fingerprint density at radius 1 is 1.22 bits per heavy atom. The molecule has 0 spiro atoms. The number of thiazole rings is 1. The minimum atomic E-state index is 0.857. The first-order valence-electron chi connectivity index (χ1n) is 8.06. The van der Waals surface area contributed by atoms with Crippen molar-refractivity contribution in [1.82, 2.24) is 9.97 Å². The quantitative estimate of drug-likeness (QED) is 0.670. The highest BCUT2D eigenvalue weighted by Gasteiger charge is 2.15. The lowest BCUT2D eigenvalue weighted by molar-refractivity contribution is 0.949. The van der Waals surface area contributed by atoms with Gasteiger partial charge in [-0.05, 0) is 43.5 Å². The van der Waals surface area contributed by atoms with Crippen molar-refractivity contribution in [2.45, 2.75) is 26.2 Å². The van der Waals surface area contributed by atoms with Gasteiger partial charge >= 0.3 is 0 Å². The molecule has 4 rings (SSSR count). The van der Waals surface area contributed by atoms with Crippen LogP contribution in [-0.4, -0.2) is 23.1 Å². The van der Waals surface area contributed by atoms with Crippen LogP contribution in [0.25, 0.3) is 10.9 Å². The van der Waals surface area contributed by atoms with E-state index in [1.54, 1.807) is 11.3 Å². The Morgan fingerprint density at radius 2 is 2.09 bits per heavy atom. The molecule has 0 atom stereocenters. The van der Waals surface area contributed by atoms with Gasteiger partial charge in [-0.2, -0.15) is 0 Å². The molecule has 1 aromatic carbocycles. The molecule has 3 heterocycles. The maximum absolute atomic E-state index is 4.46. The van der Waals surface area contributed by atoms with Gasteiger partial charge in [-0.15, -0.1) is 10.2 Å². The predicted molar refractivity (Wildman–Crippen MR) is 95.4 cm³/mol. The molecule has 0 saturated carbocycles. The summed E-state index contributed by atoms with van der Waals surface area (Å²) in [5, 5.41) is 11.8. The van der Waals surface area contributed by atoms with Crippen molar-refractivity contribution in [3.8, 4) is 0 Å². The number of aromatic nitrogens is 2. The number of azo groups is 1. The molecule has 0 bridgehead atoms. The number of H-pyrrole nitrogens is 1. The van der Waals surface area contributed by atoms with Crippen LogP contribution < -0.4 is 4.90 Å². The van der Waals surface area contributed by atoms with Gasteiger partial charge < -0.3 is 9.88 Å². The van der Waals surface area contributed by atoms with E-state index in [4.69, 9.17) is 0 Å². The molecule has 1 aliphatic heterocycles. The van der Waals surface area contributed by atoms with Crippen molar-refractivity contribution in [2.24, 2.45) is 10.2 Å². The number of fused-ring (bicyclic) bond motifs is 1. The first-order valence-corrected chi connectivity index (χ1v) is 8.87. The van der Waals surface area contributed by atoms with Crippen LogP contribution >= 0.6 is 11.3 Å². The topological polar surface area (TPSA) is 56.6 Å². The van der Waals surface area contributed by atoms with E-state index in [1.807, 2.05) is 12.3 Å². The summed E-state index contributed by atoms with van der Waals surface area (Å²) in [6.45, 7) is 4.36. The number of anilines is 1. The monoisotopic (exact) mass is 325 g/mol. The zero-order chi connectivity index (χ0) is 15.6. The lowest BCUT2D eigenvalue weighted by Crippen LogP contribution is -2.16. The maximum Gasteiger partial charge on any atom is 0.187 e. The third kappa shape index (κ3) is 2.99. The molecule has 1 saturated heterocycles. The molecule has 0 radical (unpaired) electrons. The Hall–Kier alpha value is -2.21. The SMILES string of the molecule is CCc1cc2cc(N=Nc3cnc(N4CCCC4)s3)ccc2[nH]1. The summed E-state index contributed by atoms with van der Waals surface area (Å²) in [6, 6.07) is 8.29. The molecule has 23 heavy (non-hydrogen) atoms. The van der Waals surface area contributed by atoms with Crippen LogP contribution in [0.2, 0.25) is 0 Å². The van der Waals surface area contributed by atoms with Gasteiger partial charge in [0.15, 0.2) is 10.1 Å². The van der Waals surface area contributed by atoms with Crippen LogP contribution in [0.4, 0.5) is 15.8 Å². The van der Waals surface area contributed by atoms with Gasteiger partial charge in [0.1, 0.15) is 0 Å². The number of aryl methyl sites for hydroxylation is 1. The molecule has 118 valence electrons. The number of nitrogens with one attached hydrogen (secondary N) is 1. The minimum Gasteiger partial charge on any atom is -0.358 e. The van der Waals surface area contributed by atoms with E-state index < -0.39 is 0 Å². The smallest absolute Gasteiger partial charge is 0.187 e. The highest BCUT2D eigenvalue weighted by Crippen LogP contribution is 2.32. The van der Waals surface area contributed by atoms with E-state index in [0.29, 0.717) is 0 Å². The van der Waals surface area contributed by atoms with Crippen molar-refractivity contribution in [2.75, 3.05) is 18.0 Å². The molecule has 5 nitrogen and oxygen atoms in total. The lowest BCUT2D eigenvalue weighted by Gasteiger charge is -2.11. The van der Waals surface area contributed by atoms with E-state index in [2.05, 4.69) is 50.2 Å². The van der Waals surface area contributed by atoms with Gasteiger partial charge in [0.25, 0.3) is 0 Å². The number of nitrogens with zero attached hydrogens (tertiary/aromatic N) is 4. The highest BCUT2D eigenvalue weighted by atomic mass is 32.1. The summed E-state index contributed by atoms with van der Waals surface area (Å²) >= 11 is 1.61. The fourth-order valence-electron chi connectivity index (χ4n) is 2.90. The van der Waals surface area contributed by atoms with Crippen molar-refractivity contribution in [3.63, 3.8) is 0 Å². The summed E-state index contributed by atoms with van der Waals surface area (Å²) < 4.78 is 0. The average Bonchev–Trinajstić information content (AvgIpc) is 3.30. The predicted octanol–water partition coefficient (Wildman–Crippen LogP) is 5.20. The van der Waals surface area contributed by atoms with Gasteiger partial charge in [0.05, 0.1) is 11.9 Å². The van der Waals surface area contributed by atoms with Crippen molar-refractivity contribution in [1.29, 1.82) is 0 Å². The van der Waals surface area contributed by atoms with Crippen LogP contribution in [0.5, 0.6) is 0 Å². The molecule has 1 aliphatic rings. The molecule has 6 heteroatoms. The van der Waals surface area contributed by atoms with Gasteiger partial charge in [-0.1, -0.05) is 18.3 Å². The van der Waals surface area contributed by atoms with Crippen LogP contribution in [0, 0.1) is 0 Å². The van der Waals surface area contributed by atoms with Gasteiger partial charge in [-0.3, -0.25) is 0 Å². The summed E-state index contributed by atoms with van der Waals surface area (Å²) in [5.41, 5.74) is 3.26. The van der Waals surface area contributed by atoms with Crippen molar-refractivity contribution in [3.05, 3.63) is 36.2 Å². The minimum absolute atomic E-state index is 0.857. The second-order valence-electron chi connectivity index (χ2n) is 5.79. The molecule has 3 aromatic rings. The third-order valence-corrected chi connectivity index (χ3v) is 5.11. The number of hydrogen-bond donors (Lipinski definition) is 1. The van der Waals surface area contributed by atoms with Crippen LogP contribution in [0.15, 0.2) is 40.7 Å². The standard InChI is InChI=1S/C17H19N5S/c1-2-13-9-12-10-14(5-6-15(12)19-13)20-21-16-11-18-17(23-16)22-7-3-4-8-22/h5-6,9-11,19H,2-4,7-8H2,1H3. The Labute approximate surface area is 139 Å².